The fourth-order valence-electron chi connectivity index (χ4n) is 2.73. The van der Waals surface area contributed by atoms with Crippen LogP contribution in [0.4, 0.5) is 27.4 Å². The van der Waals surface area contributed by atoms with Gasteiger partial charge in [-0.25, -0.2) is 22.8 Å². The van der Waals surface area contributed by atoms with E-state index in [-0.39, 0.29) is 5.75 Å². The van der Waals surface area contributed by atoms with E-state index in [1.54, 1.807) is 36.4 Å². The first-order chi connectivity index (χ1) is 13.8. The Balaban J connectivity index is 1.67. The molecular formula is C20H22FN5O2S. The van der Waals surface area contributed by atoms with E-state index in [4.69, 9.17) is 0 Å². The van der Waals surface area contributed by atoms with Crippen molar-refractivity contribution in [2.75, 3.05) is 21.9 Å². The number of rotatable bonds is 8. The Labute approximate surface area is 169 Å². The third-order valence-electron chi connectivity index (χ3n) is 3.87. The van der Waals surface area contributed by atoms with Gasteiger partial charge >= 0.3 is 0 Å². The topological polar surface area (TPSA) is 96.0 Å². The lowest BCUT2D eigenvalue weighted by atomic mass is 10.2. The van der Waals surface area contributed by atoms with Crippen molar-refractivity contribution in [3.05, 3.63) is 71.8 Å². The van der Waals surface area contributed by atoms with Crippen molar-refractivity contribution in [1.29, 1.82) is 0 Å². The molecule has 1 aromatic heterocycles. The molecule has 3 rings (SSSR count). The highest BCUT2D eigenvalue weighted by Crippen LogP contribution is 2.21. The Morgan fingerprint density at radius 1 is 0.966 bits per heavy atom. The molecule has 2 aromatic carbocycles. The number of hydrogen-bond donors (Lipinski definition) is 3. The van der Waals surface area contributed by atoms with Gasteiger partial charge in [0, 0.05) is 24.0 Å². The van der Waals surface area contributed by atoms with E-state index in [1.165, 1.54) is 18.2 Å². The second-order valence-electron chi connectivity index (χ2n) is 6.41. The van der Waals surface area contributed by atoms with Crippen LogP contribution in [0.15, 0.2) is 54.6 Å². The van der Waals surface area contributed by atoms with E-state index in [9.17, 15) is 12.8 Å². The van der Waals surface area contributed by atoms with Gasteiger partial charge in [0.2, 0.25) is 10.0 Å². The van der Waals surface area contributed by atoms with E-state index >= 15 is 0 Å². The first kappa shape index (κ1) is 20.5. The van der Waals surface area contributed by atoms with Gasteiger partial charge in [0.05, 0.1) is 5.75 Å². The molecule has 0 bridgehead atoms. The molecule has 0 amide bonds. The van der Waals surface area contributed by atoms with Crippen molar-refractivity contribution < 1.29 is 12.8 Å². The monoisotopic (exact) mass is 415 g/mol. The summed E-state index contributed by atoms with van der Waals surface area (Å²) in [5.74, 6) is 1.22. The highest BCUT2D eigenvalue weighted by Gasteiger charge is 2.12. The molecule has 152 valence electrons. The summed E-state index contributed by atoms with van der Waals surface area (Å²) < 4.78 is 40.4. The molecule has 0 radical (unpaired) electrons. The molecule has 0 aliphatic heterocycles. The lowest BCUT2D eigenvalue weighted by Crippen LogP contribution is -2.15. The third-order valence-corrected chi connectivity index (χ3v) is 5.13. The summed E-state index contributed by atoms with van der Waals surface area (Å²) in [7, 11) is -3.66. The molecule has 0 spiro atoms. The minimum atomic E-state index is -3.66. The van der Waals surface area contributed by atoms with Crippen LogP contribution in [0.25, 0.3) is 0 Å². The van der Waals surface area contributed by atoms with E-state index in [0.29, 0.717) is 22.9 Å². The first-order valence-electron chi connectivity index (χ1n) is 9.04. The minimum absolute atomic E-state index is 0.307. The van der Waals surface area contributed by atoms with Gasteiger partial charge in [0.1, 0.15) is 23.3 Å². The minimum Gasteiger partial charge on any atom is -0.370 e. The van der Waals surface area contributed by atoms with E-state index in [1.807, 2.05) is 13.8 Å². The van der Waals surface area contributed by atoms with Gasteiger partial charge in [-0.1, -0.05) is 12.1 Å². The Morgan fingerprint density at radius 2 is 1.66 bits per heavy atom. The van der Waals surface area contributed by atoms with Gasteiger partial charge < -0.3 is 10.6 Å². The summed E-state index contributed by atoms with van der Waals surface area (Å²) in [6.45, 7) is 4.54. The Hall–Kier alpha value is -3.20. The molecule has 0 saturated carbocycles. The maximum absolute atomic E-state index is 13.3. The van der Waals surface area contributed by atoms with E-state index in [2.05, 4.69) is 25.3 Å². The van der Waals surface area contributed by atoms with Crippen LogP contribution in [0.1, 0.15) is 18.3 Å². The lowest BCUT2D eigenvalue weighted by molar-refractivity contribution is 0.599. The fourth-order valence-corrected chi connectivity index (χ4v) is 3.92. The molecule has 29 heavy (non-hydrogen) atoms. The maximum atomic E-state index is 13.3. The zero-order chi connectivity index (χ0) is 20.9. The molecule has 7 nitrogen and oxygen atoms in total. The first-order valence-corrected chi connectivity index (χ1v) is 10.7. The van der Waals surface area contributed by atoms with Crippen LogP contribution in [0.3, 0.4) is 0 Å². The second kappa shape index (κ2) is 8.87. The van der Waals surface area contributed by atoms with Crippen LogP contribution in [0, 0.1) is 12.7 Å². The number of hydrogen-bond acceptors (Lipinski definition) is 6. The van der Waals surface area contributed by atoms with E-state index in [0.717, 1.165) is 18.1 Å². The summed E-state index contributed by atoms with van der Waals surface area (Å²) in [6.07, 6.45) is 0. The van der Waals surface area contributed by atoms with Gasteiger partial charge in [-0.15, -0.1) is 0 Å². The molecule has 0 aliphatic rings. The fraction of sp³-hybridized carbons (Fsp3) is 0.200. The zero-order valence-corrected chi connectivity index (χ0v) is 16.9. The van der Waals surface area contributed by atoms with Gasteiger partial charge in [-0.05, 0) is 55.8 Å². The summed E-state index contributed by atoms with van der Waals surface area (Å²) in [5.41, 5.74) is 1.55. The summed E-state index contributed by atoms with van der Waals surface area (Å²) in [6, 6.07) is 14.1. The molecule has 0 saturated heterocycles. The number of sulfonamides is 1. The summed E-state index contributed by atoms with van der Waals surface area (Å²) in [4.78, 5) is 8.64. The van der Waals surface area contributed by atoms with E-state index < -0.39 is 15.8 Å². The largest absolute Gasteiger partial charge is 0.370 e. The zero-order valence-electron chi connectivity index (χ0n) is 16.1. The highest BCUT2D eigenvalue weighted by atomic mass is 32.2. The van der Waals surface area contributed by atoms with Crippen LogP contribution in [0.5, 0.6) is 0 Å². The van der Waals surface area contributed by atoms with Crippen molar-refractivity contribution in [3.63, 3.8) is 0 Å². The Morgan fingerprint density at radius 3 is 2.34 bits per heavy atom. The molecule has 0 atom stereocenters. The molecule has 0 aliphatic carbocycles. The number of nitrogens with one attached hydrogen (secondary N) is 3. The van der Waals surface area contributed by atoms with Crippen molar-refractivity contribution in [2.24, 2.45) is 0 Å². The standard InChI is InChI=1S/C20H22FN5O2S/c1-3-22-19-12-20(24-14(2)23-19)25-17-7-9-18(10-8-17)26-29(27,28)13-15-5-4-6-16(21)11-15/h4-12,26H,3,13H2,1-2H3,(H2,22,23,24,25). The molecule has 3 N–H and O–H groups in total. The number of aromatic nitrogens is 2. The number of benzene rings is 2. The number of halogens is 1. The molecule has 0 unspecified atom stereocenters. The van der Waals surface area contributed by atoms with Crippen LogP contribution in [-0.4, -0.2) is 24.9 Å². The summed E-state index contributed by atoms with van der Waals surface area (Å²) >= 11 is 0. The maximum Gasteiger partial charge on any atom is 0.236 e. The van der Waals surface area contributed by atoms with Gasteiger partial charge in [0.25, 0.3) is 0 Å². The molecule has 9 heteroatoms. The number of aryl methyl sites for hydroxylation is 1. The average Bonchev–Trinajstić information content (AvgIpc) is 2.62. The summed E-state index contributed by atoms with van der Waals surface area (Å²) in [5, 5.41) is 6.31. The predicted octanol–water partition coefficient (Wildman–Crippen LogP) is 4.04. The van der Waals surface area contributed by atoms with Crippen LogP contribution >= 0.6 is 0 Å². The average molecular weight is 415 g/mol. The Kier molecular flexibility index (Phi) is 6.28. The second-order valence-corrected chi connectivity index (χ2v) is 8.13. The van der Waals surface area contributed by atoms with Gasteiger partial charge in [-0.3, -0.25) is 4.72 Å². The van der Waals surface area contributed by atoms with Gasteiger partial charge in [0.15, 0.2) is 0 Å². The van der Waals surface area contributed by atoms with Crippen LogP contribution in [0.2, 0.25) is 0 Å². The molecule has 3 aromatic rings. The smallest absolute Gasteiger partial charge is 0.236 e. The van der Waals surface area contributed by atoms with Crippen molar-refractivity contribution in [3.8, 4) is 0 Å². The number of nitrogens with zero attached hydrogens (tertiary/aromatic N) is 2. The van der Waals surface area contributed by atoms with Crippen molar-refractivity contribution >= 4 is 33.0 Å². The number of anilines is 4. The van der Waals surface area contributed by atoms with Gasteiger partial charge in [-0.2, -0.15) is 0 Å². The highest BCUT2D eigenvalue weighted by molar-refractivity contribution is 7.91. The Bertz CT molecular complexity index is 1090. The SMILES string of the molecule is CCNc1cc(Nc2ccc(NS(=O)(=O)Cc3cccc(F)c3)cc2)nc(C)n1. The molecule has 0 fully saturated rings. The quantitative estimate of drug-likeness (QED) is 0.514. The normalized spacial score (nSPS) is 11.1. The predicted molar refractivity (Wildman–Crippen MR) is 113 cm³/mol. The van der Waals surface area contributed by atoms with Crippen molar-refractivity contribution in [2.45, 2.75) is 19.6 Å². The van der Waals surface area contributed by atoms with Crippen LogP contribution < -0.4 is 15.4 Å². The lowest BCUT2D eigenvalue weighted by Gasteiger charge is -2.11. The molecule has 1 heterocycles. The van der Waals surface area contributed by atoms with Crippen molar-refractivity contribution in [1.82, 2.24) is 9.97 Å². The van der Waals surface area contributed by atoms with Crippen LogP contribution in [-0.2, 0) is 15.8 Å². The third kappa shape index (κ3) is 6.15. The molecular weight excluding hydrogens is 393 g/mol.